The van der Waals surface area contributed by atoms with E-state index in [-0.39, 0.29) is 35.8 Å². The van der Waals surface area contributed by atoms with Crippen molar-refractivity contribution in [3.8, 4) is 11.5 Å². The maximum Gasteiger partial charge on any atom is 0.225 e. The number of para-hydroxylation sites is 1. The van der Waals surface area contributed by atoms with Gasteiger partial charge in [-0.15, -0.1) is 24.0 Å². The fraction of sp³-hybridized carbons (Fsp3) is 0.417. The second-order valence-corrected chi connectivity index (χ2v) is 7.31. The van der Waals surface area contributed by atoms with E-state index in [2.05, 4.69) is 33.1 Å². The minimum atomic E-state index is 0. The Morgan fingerprint density at radius 3 is 2.59 bits per heavy atom. The molecule has 1 amide bonds. The predicted octanol–water partition coefficient (Wildman–Crippen LogP) is 3.94. The normalized spacial score (nSPS) is 15.2. The van der Waals surface area contributed by atoms with Crippen LogP contribution in [0.25, 0.3) is 0 Å². The molecule has 0 fully saturated rings. The first-order valence-corrected chi connectivity index (χ1v) is 10.9. The molecule has 0 aliphatic carbocycles. The van der Waals surface area contributed by atoms with E-state index < -0.39 is 0 Å². The number of fused-ring (bicyclic) bond motifs is 1. The molecule has 0 radical (unpaired) electrons. The molecule has 1 heterocycles. The zero-order valence-electron chi connectivity index (χ0n) is 18.9. The quantitative estimate of drug-likeness (QED) is 0.250. The molecule has 1 aliphatic heterocycles. The van der Waals surface area contributed by atoms with Crippen LogP contribution in [-0.4, -0.2) is 45.2 Å². The van der Waals surface area contributed by atoms with Gasteiger partial charge in [0.15, 0.2) is 17.5 Å². The third-order valence-corrected chi connectivity index (χ3v) is 5.16. The molecule has 0 spiro atoms. The van der Waals surface area contributed by atoms with E-state index in [4.69, 9.17) is 9.47 Å². The zero-order chi connectivity index (χ0) is 22.1. The monoisotopic (exact) mass is 552 g/mol. The Kier molecular flexibility index (Phi) is 10.6. The summed E-state index contributed by atoms with van der Waals surface area (Å²) in [5.41, 5.74) is 3.21. The third-order valence-electron chi connectivity index (χ3n) is 5.16. The average molecular weight is 552 g/mol. The number of anilines is 1. The van der Waals surface area contributed by atoms with Gasteiger partial charge in [0.05, 0.1) is 13.2 Å². The zero-order valence-corrected chi connectivity index (χ0v) is 21.3. The number of rotatable bonds is 9. The number of hydrogen-bond acceptors (Lipinski definition) is 4. The topological polar surface area (TPSA) is 84.0 Å². The first-order valence-electron chi connectivity index (χ1n) is 10.9. The van der Waals surface area contributed by atoms with Crippen LogP contribution in [0.5, 0.6) is 11.5 Å². The van der Waals surface area contributed by atoms with Gasteiger partial charge in [-0.1, -0.05) is 24.3 Å². The summed E-state index contributed by atoms with van der Waals surface area (Å²) in [6.45, 7) is 6.50. The lowest BCUT2D eigenvalue weighted by Gasteiger charge is -2.26. The summed E-state index contributed by atoms with van der Waals surface area (Å²) < 4.78 is 11.3. The van der Waals surface area contributed by atoms with E-state index in [9.17, 15) is 4.79 Å². The summed E-state index contributed by atoms with van der Waals surface area (Å²) in [4.78, 5) is 16.3. The van der Waals surface area contributed by atoms with Crippen molar-refractivity contribution < 1.29 is 14.3 Å². The predicted molar refractivity (Wildman–Crippen MR) is 140 cm³/mol. The molecule has 3 N–H and O–H groups in total. The number of aliphatic imine (C=N–C) groups is 1. The number of nitrogens with one attached hydrogen (secondary N) is 3. The van der Waals surface area contributed by atoms with Crippen molar-refractivity contribution in [2.24, 2.45) is 4.99 Å². The van der Waals surface area contributed by atoms with E-state index in [0.717, 1.165) is 47.2 Å². The number of amides is 1. The molecular weight excluding hydrogens is 519 g/mol. The lowest BCUT2D eigenvalue weighted by atomic mass is 9.90. The van der Waals surface area contributed by atoms with Crippen LogP contribution in [0.2, 0.25) is 0 Å². The summed E-state index contributed by atoms with van der Waals surface area (Å²) in [6.07, 6.45) is 1.29. The Morgan fingerprint density at radius 2 is 1.84 bits per heavy atom. The molecule has 1 unspecified atom stereocenters. The molecule has 0 bridgehead atoms. The number of carbonyl (C=O) groups is 1. The maximum atomic E-state index is 12.0. The van der Waals surface area contributed by atoms with Gasteiger partial charge in [-0.25, -0.2) is 0 Å². The summed E-state index contributed by atoms with van der Waals surface area (Å²) >= 11 is 0. The summed E-state index contributed by atoms with van der Waals surface area (Å²) in [5.74, 6) is 2.44. The van der Waals surface area contributed by atoms with Gasteiger partial charge in [-0.05, 0) is 49.6 Å². The number of carbonyl (C=O) groups excluding carboxylic acids is 1. The Labute approximate surface area is 207 Å². The largest absolute Gasteiger partial charge is 0.490 e. The highest BCUT2D eigenvalue weighted by Crippen LogP contribution is 2.31. The van der Waals surface area contributed by atoms with E-state index >= 15 is 0 Å². The van der Waals surface area contributed by atoms with Crippen molar-refractivity contribution in [2.75, 3.05) is 38.7 Å². The Bertz CT molecular complexity index is 920. The van der Waals surface area contributed by atoms with Crippen LogP contribution < -0.4 is 25.4 Å². The van der Waals surface area contributed by atoms with Crippen LogP contribution in [-0.2, 0) is 11.2 Å². The van der Waals surface area contributed by atoms with Crippen molar-refractivity contribution in [2.45, 2.75) is 32.6 Å². The molecule has 1 aliphatic rings. The van der Waals surface area contributed by atoms with Crippen LogP contribution in [0, 0.1) is 0 Å². The SMILES string of the molecule is CCOc1ccc(CCNC(=NC)NCC2CC(=O)Nc3ccccc32)cc1OCC.I. The molecule has 2 aromatic carbocycles. The van der Waals surface area contributed by atoms with Gasteiger partial charge < -0.3 is 25.4 Å². The van der Waals surface area contributed by atoms with Gasteiger partial charge in [-0.3, -0.25) is 9.79 Å². The number of hydrogen-bond donors (Lipinski definition) is 3. The molecule has 7 nitrogen and oxygen atoms in total. The van der Waals surface area contributed by atoms with Gasteiger partial charge in [0.1, 0.15) is 0 Å². The van der Waals surface area contributed by atoms with Gasteiger partial charge in [0.25, 0.3) is 0 Å². The molecule has 174 valence electrons. The van der Waals surface area contributed by atoms with Gasteiger partial charge in [0, 0.05) is 38.2 Å². The van der Waals surface area contributed by atoms with Gasteiger partial charge in [-0.2, -0.15) is 0 Å². The smallest absolute Gasteiger partial charge is 0.225 e. The third kappa shape index (κ3) is 7.01. The molecular formula is C24H33IN4O3. The van der Waals surface area contributed by atoms with E-state index in [0.29, 0.717) is 26.2 Å². The highest BCUT2D eigenvalue weighted by atomic mass is 127. The molecule has 0 aromatic heterocycles. The molecule has 0 saturated carbocycles. The highest BCUT2D eigenvalue weighted by Gasteiger charge is 2.24. The van der Waals surface area contributed by atoms with E-state index in [1.165, 1.54) is 0 Å². The Hall–Kier alpha value is -2.49. The van der Waals surface area contributed by atoms with Crippen LogP contribution in [0.1, 0.15) is 37.3 Å². The van der Waals surface area contributed by atoms with Crippen molar-refractivity contribution >= 4 is 41.5 Å². The Morgan fingerprint density at radius 1 is 1.09 bits per heavy atom. The molecule has 8 heteroatoms. The number of nitrogens with zero attached hydrogens (tertiary/aromatic N) is 1. The average Bonchev–Trinajstić information content (AvgIpc) is 2.77. The lowest BCUT2D eigenvalue weighted by Crippen LogP contribution is -2.41. The maximum absolute atomic E-state index is 12.0. The van der Waals surface area contributed by atoms with Crippen molar-refractivity contribution in [1.29, 1.82) is 0 Å². The van der Waals surface area contributed by atoms with Crippen molar-refractivity contribution in [3.05, 3.63) is 53.6 Å². The first kappa shape index (κ1) is 25.8. The van der Waals surface area contributed by atoms with Gasteiger partial charge in [0.2, 0.25) is 5.91 Å². The second-order valence-electron chi connectivity index (χ2n) is 7.31. The summed E-state index contributed by atoms with van der Waals surface area (Å²) in [6, 6.07) is 14.0. The van der Waals surface area contributed by atoms with Crippen LogP contribution in [0.3, 0.4) is 0 Å². The lowest BCUT2D eigenvalue weighted by molar-refractivity contribution is -0.116. The minimum absolute atomic E-state index is 0. The number of guanidine groups is 1. The molecule has 1 atom stereocenters. The van der Waals surface area contributed by atoms with Crippen LogP contribution in [0.4, 0.5) is 5.69 Å². The number of benzene rings is 2. The van der Waals surface area contributed by atoms with Crippen molar-refractivity contribution in [3.63, 3.8) is 0 Å². The Balaban J connectivity index is 0.00000363. The molecule has 0 saturated heterocycles. The summed E-state index contributed by atoms with van der Waals surface area (Å²) in [5, 5.41) is 9.65. The van der Waals surface area contributed by atoms with Gasteiger partial charge >= 0.3 is 0 Å². The molecule has 32 heavy (non-hydrogen) atoms. The van der Waals surface area contributed by atoms with Crippen LogP contribution >= 0.6 is 24.0 Å². The van der Waals surface area contributed by atoms with E-state index in [1.807, 2.05) is 44.2 Å². The first-order chi connectivity index (χ1) is 15.1. The summed E-state index contributed by atoms with van der Waals surface area (Å²) in [7, 11) is 1.75. The standard InChI is InChI=1S/C24H32N4O3.HI/c1-4-30-21-11-10-17(14-22(21)31-5-2)12-13-26-24(25-3)27-16-18-15-23(29)28-20-9-7-6-8-19(18)20;/h6-11,14,18H,4-5,12-13,15-16H2,1-3H3,(H,28,29)(H2,25,26,27);1H. The van der Waals surface area contributed by atoms with Crippen molar-refractivity contribution in [1.82, 2.24) is 10.6 Å². The fourth-order valence-corrected chi connectivity index (χ4v) is 3.70. The minimum Gasteiger partial charge on any atom is -0.490 e. The number of ether oxygens (including phenoxy) is 2. The fourth-order valence-electron chi connectivity index (χ4n) is 3.70. The second kappa shape index (κ2) is 13.1. The number of halogens is 1. The van der Waals surface area contributed by atoms with Crippen LogP contribution in [0.15, 0.2) is 47.5 Å². The highest BCUT2D eigenvalue weighted by molar-refractivity contribution is 14.0. The van der Waals surface area contributed by atoms with E-state index in [1.54, 1.807) is 7.05 Å². The molecule has 2 aromatic rings. The molecule has 3 rings (SSSR count).